The molecule has 2 aromatic carbocycles. The molecule has 0 radical (unpaired) electrons. The molecule has 0 aliphatic heterocycles. The molecule has 0 aliphatic carbocycles. The van der Waals surface area contributed by atoms with E-state index in [-0.39, 0.29) is 17.1 Å². The van der Waals surface area contributed by atoms with Crippen LogP contribution in [0.2, 0.25) is 10.0 Å². The van der Waals surface area contributed by atoms with Gasteiger partial charge in [0, 0.05) is 5.02 Å². The minimum Gasteiger partial charge on any atom is -0.343 e. The van der Waals surface area contributed by atoms with Crippen molar-refractivity contribution in [2.24, 2.45) is 0 Å². The van der Waals surface area contributed by atoms with E-state index >= 15 is 0 Å². The van der Waals surface area contributed by atoms with Crippen LogP contribution in [0.4, 0.5) is 0 Å². The van der Waals surface area contributed by atoms with Crippen molar-refractivity contribution in [3.63, 3.8) is 0 Å². The Morgan fingerprint density at radius 3 is 2.71 bits per heavy atom. The second-order valence-corrected chi connectivity index (χ2v) is 5.79. The van der Waals surface area contributed by atoms with Crippen molar-refractivity contribution in [1.82, 2.24) is 15.0 Å². The van der Waals surface area contributed by atoms with E-state index in [1.54, 1.807) is 6.07 Å². The predicted octanol–water partition coefficient (Wildman–Crippen LogP) is 2.84. The van der Waals surface area contributed by atoms with E-state index in [0.717, 1.165) is 11.0 Å². The summed E-state index contributed by atoms with van der Waals surface area (Å²) in [4.78, 5) is 28.2. The Morgan fingerprint density at radius 2 is 1.92 bits per heavy atom. The largest absolute Gasteiger partial charge is 0.343 e. The number of nitrogens with one attached hydrogen (secondary N) is 2. The fourth-order valence-electron chi connectivity index (χ4n) is 2.15. The maximum Gasteiger partial charge on any atom is 0.258 e. The van der Waals surface area contributed by atoms with E-state index in [0.29, 0.717) is 5.02 Å². The maximum atomic E-state index is 12.1. The van der Waals surface area contributed by atoms with Crippen LogP contribution in [-0.2, 0) is 4.79 Å². The molecule has 8 heteroatoms. The number of carbonyl (C=O) groups is 2. The Labute approximate surface area is 147 Å². The third-order valence-electron chi connectivity index (χ3n) is 3.28. The van der Waals surface area contributed by atoms with E-state index in [1.807, 2.05) is 24.3 Å². The molecule has 3 rings (SSSR count). The van der Waals surface area contributed by atoms with Gasteiger partial charge in [0.05, 0.1) is 28.2 Å². The molecule has 122 valence electrons. The molecule has 0 unspecified atom stereocenters. The molecule has 0 aliphatic rings. The van der Waals surface area contributed by atoms with E-state index in [1.165, 1.54) is 23.1 Å². The number of aromatic nitrogens is 2. The van der Waals surface area contributed by atoms with Gasteiger partial charge in [-0.05, 0) is 30.3 Å². The summed E-state index contributed by atoms with van der Waals surface area (Å²) >= 11 is 11.7. The van der Waals surface area contributed by atoms with Crippen LogP contribution < -0.4 is 10.7 Å². The van der Waals surface area contributed by atoms with Gasteiger partial charge in [-0.2, -0.15) is 0 Å². The first kappa shape index (κ1) is 16.3. The Bertz CT molecular complexity index is 923. The Hall–Kier alpha value is -2.57. The molecule has 24 heavy (non-hydrogen) atoms. The second-order valence-electron chi connectivity index (χ2n) is 4.95. The highest BCUT2D eigenvalue weighted by Crippen LogP contribution is 2.20. The monoisotopic (exact) mass is 362 g/mol. The topological polar surface area (TPSA) is 76.0 Å². The summed E-state index contributed by atoms with van der Waals surface area (Å²) in [7, 11) is 0. The van der Waals surface area contributed by atoms with Gasteiger partial charge in [-0.15, -0.1) is 0 Å². The summed E-state index contributed by atoms with van der Waals surface area (Å²) < 4.78 is 1.50. The van der Waals surface area contributed by atoms with E-state index in [2.05, 4.69) is 15.7 Å². The summed E-state index contributed by atoms with van der Waals surface area (Å²) in [6.07, 6.45) is 1.50. The summed E-state index contributed by atoms with van der Waals surface area (Å²) in [6, 6.07) is 11.9. The zero-order valence-corrected chi connectivity index (χ0v) is 13.8. The zero-order valence-electron chi connectivity index (χ0n) is 12.3. The summed E-state index contributed by atoms with van der Waals surface area (Å²) in [6.45, 7) is -0.204. The van der Waals surface area contributed by atoms with Crippen molar-refractivity contribution >= 4 is 46.0 Å². The van der Waals surface area contributed by atoms with Crippen molar-refractivity contribution in [3.8, 4) is 0 Å². The van der Waals surface area contributed by atoms with Crippen LogP contribution in [0.25, 0.3) is 11.0 Å². The SMILES string of the molecule is O=C(CNC(=O)c1ccc(Cl)cc1Cl)Nn1cnc2ccccc21. The maximum absolute atomic E-state index is 12.1. The van der Waals surface area contributed by atoms with Crippen LogP contribution in [0.3, 0.4) is 0 Å². The zero-order chi connectivity index (χ0) is 17.1. The van der Waals surface area contributed by atoms with Gasteiger partial charge in [0.15, 0.2) is 0 Å². The molecule has 2 N–H and O–H groups in total. The number of amides is 2. The molecule has 0 atom stereocenters. The standard InChI is InChI=1S/C16H12Cl2N4O2/c17-10-5-6-11(12(18)7-10)16(24)19-8-15(23)21-22-9-20-13-3-1-2-4-14(13)22/h1-7,9H,8H2,(H,19,24)(H,21,23). The highest BCUT2D eigenvalue weighted by molar-refractivity contribution is 6.36. The number of nitrogens with zero attached hydrogens (tertiary/aromatic N) is 2. The lowest BCUT2D eigenvalue weighted by Gasteiger charge is -2.09. The van der Waals surface area contributed by atoms with Gasteiger partial charge < -0.3 is 5.32 Å². The van der Waals surface area contributed by atoms with Gasteiger partial charge in [0.25, 0.3) is 11.8 Å². The smallest absolute Gasteiger partial charge is 0.258 e. The number of imidazole rings is 1. The molecular weight excluding hydrogens is 351 g/mol. The molecule has 2 amide bonds. The molecule has 0 saturated heterocycles. The highest BCUT2D eigenvalue weighted by Gasteiger charge is 2.12. The van der Waals surface area contributed by atoms with Crippen LogP contribution in [-0.4, -0.2) is 28.0 Å². The summed E-state index contributed by atoms with van der Waals surface area (Å²) in [5.74, 6) is -0.848. The van der Waals surface area contributed by atoms with Gasteiger partial charge in [-0.25, -0.2) is 9.66 Å². The molecule has 0 fully saturated rings. The van der Waals surface area contributed by atoms with Crippen LogP contribution >= 0.6 is 23.2 Å². The number of fused-ring (bicyclic) bond motifs is 1. The quantitative estimate of drug-likeness (QED) is 0.749. The summed E-state index contributed by atoms with van der Waals surface area (Å²) in [5, 5.41) is 3.16. The van der Waals surface area contributed by atoms with Crippen LogP contribution in [0, 0.1) is 0 Å². The lowest BCUT2D eigenvalue weighted by molar-refractivity contribution is -0.116. The second kappa shape index (κ2) is 6.90. The van der Waals surface area contributed by atoms with Gasteiger partial charge >= 0.3 is 0 Å². The number of carbonyl (C=O) groups excluding carboxylic acids is 2. The molecule has 1 heterocycles. The minimum atomic E-state index is -0.456. The molecule has 1 aromatic heterocycles. The minimum absolute atomic E-state index is 0.204. The van der Waals surface area contributed by atoms with E-state index in [9.17, 15) is 9.59 Å². The lowest BCUT2D eigenvalue weighted by Crippen LogP contribution is -2.35. The first-order valence-corrected chi connectivity index (χ1v) is 7.75. The number of hydrogen-bond donors (Lipinski definition) is 2. The first-order valence-electron chi connectivity index (χ1n) is 7.00. The van der Waals surface area contributed by atoms with Crippen molar-refractivity contribution in [2.45, 2.75) is 0 Å². The number of para-hydroxylation sites is 2. The van der Waals surface area contributed by atoms with Crippen molar-refractivity contribution in [2.75, 3.05) is 12.0 Å². The number of benzene rings is 2. The van der Waals surface area contributed by atoms with E-state index in [4.69, 9.17) is 23.2 Å². The van der Waals surface area contributed by atoms with Crippen LogP contribution in [0.15, 0.2) is 48.8 Å². The molecule has 0 saturated carbocycles. The van der Waals surface area contributed by atoms with Crippen molar-refractivity contribution < 1.29 is 9.59 Å². The van der Waals surface area contributed by atoms with Gasteiger partial charge in [-0.3, -0.25) is 15.0 Å². The predicted molar refractivity (Wildman–Crippen MR) is 92.9 cm³/mol. The molecule has 0 bridgehead atoms. The van der Waals surface area contributed by atoms with Crippen molar-refractivity contribution in [1.29, 1.82) is 0 Å². The van der Waals surface area contributed by atoms with Crippen LogP contribution in [0.1, 0.15) is 10.4 Å². The number of hydrogen-bond acceptors (Lipinski definition) is 3. The summed E-state index contributed by atoms with van der Waals surface area (Å²) in [5.41, 5.74) is 4.41. The average Bonchev–Trinajstić information content (AvgIpc) is 2.96. The Balaban J connectivity index is 1.62. The third-order valence-corrected chi connectivity index (χ3v) is 3.83. The molecule has 0 spiro atoms. The van der Waals surface area contributed by atoms with Crippen molar-refractivity contribution in [3.05, 3.63) is 64.4 Å². The highest BCUT2D eigenvalue weighted by atomic mass is 35.5. The van der Waals surface area contributed by atoms with Gasteiger partial charge in [-0.1, -0.05) is 35.3 Å². The van der Waals surface area contributed by atoms with Gasteiger partial charge in [0.1, 0.15) is 6.33 Å². The van der Waals surface area contributed by atoms with Crippen LogP contribution in [0.5, 0.6) is 0 Å². The van der Waals surface area contributed by atoms with Gasteiger partial charge in [0.2, 0.25) is 0 Å². The molecular formula is C16H12Cl2N4O2. The number of halogens is 2. The Morgan fingerprint density at radius 1 is 1.12 bits per heavy atom. The normalized spacial score (nSPS) is 10.6. The first-order chi connectivity index (χ1) is 11.5. The Kier molecular flexibility index (Phi) is 4.69. The average molecular weight is 363 g/mol. The molecule has 3 aromatic rings. The molecule has 6 nitrogen and oxygen atoms in total. The van der Waals surface area contributed by atoms with E-state index < -0.39 is 11.8 Å². The third kappa shape index (κ3) is 3.50. The number of rotatable bonds is 4. The fourth-order valence-corrected chi connectivity index (χ4v) is 2.65. The fraction of sp³-hybridized carbons (Fsp3) is 0.0625. The lowest BCUT2D eigenvalue weighted by atomic mass is 10.2.